The van der Waals surface area contributed by atoms with Gasteiger partial charge in [-0.3, -0.25) is 29.4 Å². The highest BCUT2D eigenvalue weighted by Crippen LogP contribution is 2.34. The normalized spacial score (nSPS) is 14.2. The molecule has 3 amide bonds. The molecule has 0 aliphatic carbocycles. The summed E-state index contributed by atoms with van der Waals surface area (Å²) in [5.74, 6) is -0.547. The molecule has 10 heteroatoms. The maximum atomic E-state index is 13.0. The molecular weight excluding hydrogens is 506 g/mol. The molecule has 1 saturated heterocycles. The van der Waals surface area contributed by atoms with E-state index in [1.165, 1.54) is 12.1 Å². The number of nitro benzene ring substituents is 1. The first kappa shape index (κ1) is 26.6. The van der Waals surface area contributed by atoms with Gasteiger partial charge in [0, 0.05) is 23.4 Å². The third-order valence-electron chi connectivity index (χ3n) is 5.86. The number of benzene rings is 3. The monoisotopic (exact) mass is 531 g/mol. The molecule has 9 nitrogen and oxygen atoms in total. The van der Waals surface area contributed by atoms with Crippen molar-refractivity contribution >= 4 is 46.3 Å². The number of ether oxygens (including phenoxy) is 1. The van der Waals surface area contributed by atoms with Crippen LogP contribution in [0.25, 0.3) is 6.08 Å². The number of anilines is 1. The van der Waals surface area contributed by atoms with Gasteiger partial charge in [0.2, 0.25) is 5.91 Å². The largest absolute Gasteiger partial charge is 0.488 e. The Bertz CT molecular complexity index is 1440. The van der Waals surface area contributed by atoms with E-state index in [1.54, 1.807) is 42.5 Å². The zero-order valence-corrected chi connectivity index (χ0v) is 21.8. The molecule has 4 rings (SSSR count). The third kappa shape index (κ3) is 6.09. The average molecular weight is 532 g/mol. The molecule has 0 unspecified atom stereocenters. The fourth-order valence-corrected chi connectivity index (χ4v) is 4.91. The standard InChI is InChI=1S/C28H25N3O6S/c1-17-12-18(2)26(19(3)13-17)29-25(32)15-30-27(33)24(38-28(30)34)14-21-6-4-5-7-23(21)37-16-20-8-10-22(11-9-20)31(35)36/h4-14H,15-16H2,1-3H3,(H,29,32)/b24-14-. The molecule has 1 aliphatic rings. The molecule has 0 atom stereocenters. The summed E-state index contributed by atoms with van der Waals surface area (Å²) in [6.45, 7) is 5.51. The summed E-state index contributed by atoms with van der Waals surface area (Å²) in [6, 6.07) is 16.9. The van der Waals surface area contributed by atoms with Crippen molar-refractivity contribution in [1.29, 1.82) is 0 Å². The van der Waals surface area contributed by atoms with Crippen LogP contribution >= 0.6 is 11.8 Å². The molecule has 0 spiro atoms. The SMILES string of the molecule is Cc1cc(C)c(NC(=O)CN2C(=O)S/C(=C\c3ccccc3OCc3ccc([N+](=O)[O-])cc3)C2=O)c(C)c1. The summed E-state index contributed by atoms with van der Waals surface area (Å²) in [5, 5.41) is 13.1. The number of carbonyl (C=O) groups excluding carboxylic acids is 3. The van der Waals surface area contributed by atoms with Gasteiger partial charge in [-0.25, -0.2) is 0 Å². The molecule has 0 bridgehead atoms. The fourth-order valence-electron chi connectivity index (χ4n) is 4.08. The second-order valence-electron chi connectivity index (χ2n) is 8.84. The zero-order chi connectivity index (χ0) is 27.4. The summed E-state index contributed by atoms with van der Waals surface area (Å²) in [7, 11) is 0. The van der Waals surface area contributed by atoms with Gasteiger partial charge in [0.15, 0.2) is 0 Å². The van der Waals surface area contributed by atoms with E-state index in [4.69, 9.17) is 4.74 Å². The van der Waals surface area contributed by atoms with Crippen molar-refractivity contribution in [3.05, 3.63) is 104 Å². The number of amides is 3. The lowest BCUT2D eigenvalue weighted by Gasteiger charge is -2.16. The van der Waals surface area contributed by atoms with Gasteiger partial charge in [-0.15, -0.1) is 0 Å². The number of hydrogen-bond acceptors (Lipinski definition) is 7. The number of thioether (sulfide) groups is 1. The van der Waals surface area contributed by atoms with Gasteiger partial charge >= 0.3 is 0 Å². The Kier molecular flexibility index (Phi) is 7.92. The highest BCUT2D eigenvalue weighted by molar-refractivity contribution is 8.18. The van der Waals surface area contributed by atoms with Gasteiger partial charge in [0.05, 0.1) is 9.83 Å². The molecule has 3 aromatic rings. The van der Waals surface area contributed by atoms with Crippen molar-refractivity contribution in [3.63, 3.8) is 0 Å². The highest BCUT2D eigenvalue weighted by Gasteiger charge is 2.36. The number of imide groups is 1. The number of hydrogen-bond donors (Lipinski definition) is 1. The smallest absolute Gasteiger partial charge is 0.294 e. The summed E-state index contributed by atoms with van der Waals surface area (Å²) >= 11 is 0.760. The van der Waals surface area contributed by atoms with Crippen LogP contribution in [0.3, 0.4) is 0 Å². The molecule has 1 aliphatic heterocycles. The fraction of sp³-hybridized carbons (Fsp3) is 0.179. The maximum Gasteiger partial charge on any atom is 0.294 e. The Morgan fingerprint density at radius 3 is 2.37 bits per heavy atom. The predicted octanol–water partition coefficient (Wildman–Crippen LogP) is 5.77. The van der Waals surface area contributed by atoms with Gasteiger partial charge < -0.3 is 10.1 Å². The van der Waals surface area contributed by atoms with Crippen LogP contribution in [0.15, 0.2) is 65.6 Å². The number of non-ortho nitro benzene ring substituents is 1. The van der Waals surface area contributed by atoms with Gasteiger partial charge in [-0.05, 0) is 73.5 Å². The van der Waals surface area contributed by atoms with Crippen molar-refractivity contribution in [2.24, 2.45) is 0 Å². The first-order valence-corrected chi connectivity index (χ1v) is 12.5. The quantitative estimate of drug-likeness (QED) is 0.222. The first-order chi connectivity index (χ1) is 18.1. The minimum Gasteiger partial charge on any atom is -0.488 e. The number of nitrogens with zero attached hydrogens (tertiary/aromatic N) is 2. The Balaban J connectivity index is 1.45. The second kappa shape index (κ2) is 11.3. The van der Waals surface area contributed by atoms with E-state index in [2.05, 4.69) is 5.32 Å². The molecule has 0 aromatic heterocycles. The van der Waals surface area contributed by atoms with Crippen LogP contribution < -0.4 is 10.1 Å². The van der Waals surface area contributed by atoms with Crippen molar-refractivity contribution in [2.75, 3.05) is 11.9 Å². The third-order valence-corrected chi connectivity index (χ3v) is 6.77. The number of para-hydroxylation sites is 1. The van der Waals surface area contributed by atoms with Crippen molar-refractivity contribution in [2.45, 2.75) is 27.4 Å². The minimum absolute atomic E-state index is 0.0114. The highest BCUT2D eigenvalue weighted by atomic mass is 32.2. The molecule has 3 aromatic carbocycles. The molecule has 0 radical (unpaired) electrons. The van der Waals surface area contributed by atoms with Crippen LogP contribution in [0.4, 0.5) is 16.2 Å². The lowest BCUT2D eigenvalue weighted by atomic mass is 10.1. The topological polar surface area (TPSA) is 119 Å². The Morgan fingerprint density at radius 2 is 1.71 bits per heavy atom. The van der Waals surface area contributed by atoms with Gasteiger partial charge in [0.1, 0.15) is 18.9 Å². The van der Waals surface area contributed by atoms with Crippen LogP contribution in [0.2, 0.25) is 0 Å². The number of rotatable bonds is 8. The summed E-state index contributed by atoms with van der Waals surface area (Å²) in [5.41, 5.74) is 4.84. The minimum atomic E-state index is -0.558. The lowest BCUT2D eigenvalue weighted by Crippen LogP contribution is -2.36. The van der Waals surface area contributed by atoms with Crippen LogP contribution in [0.1, 0.15) is 27.8 Å². The molecule has 1 N–H and O–H groups in total. The molecule has 38 heavy (non-hydrogen) atoms. The van der Waals surface area contributed by atoms with Crippen LogP contribution in [0.5, 0.6) is 5.75 Å². The zero-order valence-electron chi connectivity index (χ0n) is 21.0. The van der Waals surface area contributed by atoms with E-state index in [0.29, 0.717) is 17.0 Å². The Hall–Kier alpha value is -4.44. The van der Waals surface area contributed by atoms with Crippen molar-refractivity contribution in [3.8, 4) is 5.75 Å². The summed E-state index contributed by atoms with van der Waals surface area (Å²) < 4.78 is 5.89. The summed E-state index contributed by atoms with van der Waals surface area (Å²) in [4.78, 5) is 49.8. The number of aryl methyl sites for hydroxylation is 3. The van der Waals surface area contributed by atoms with Crippen LogP contribution in [-0.4, -0.2) is 33.4 Å². The maximum absolute atomic E-state index is 13.0. The first-order valence-electron chi connectivity index (χ1n) is 11.7. The van der Waals surface area contributed by atoms with Gasteiger partial charge in [-0.1, -0.05) is 35.9 Å². The van der Waals surface area contributed by atoms with E-state index >= 15 is 0 Å². The van der Waals surface area contributed by atoms with Gasteiger partial charge in [-0.2, -0.15) is 0 Å². The van der Waals surface area contributed by atoms with Gasteiger partial charge in [0.25, 0.3) is 16.8 Å². The van der Waals surface area contributed by atoms with E-state index in [-0.39, 0.29) is 17.2 Å². The van der Waals surface area contributed by atoms with E-state index in [0.717, 1.165) is 38.9 Å². The number of nitro groups is 1. The van der Waals surface area contributed by atoms with E-state index in [9.17, 15) is 24.5 Å². The second-order valence-corrected chi connectivity index (χ2v) is 9.83. The Morgan fingerprint density at radius 1 is 1.05 bits per heavy atom. The Labute approximate surface area is 223 Å². The molecular formula is C28H25N3O6S. The van der Waals surface area contributed by atoms with E-state index < -0.39 is 28.5 Å². The number of carbonyl (C=O) groups is 3. The van der Waals surface area contributed by atoms with E-state index in [1.807, 2.05) is 32.9 Å². The average Bonchev–Trinajstić information content (AvgIpc) is 3.13. The van der Waals surface area contributed by atoms with Crippen LogP contribution in [-0.2, 0) is 16.2 Å². The van der Waals surface area contributed by atoms with Crippen molar-refractivity contribution < 1.29 is 24.0 Å². The van der Waals surface area contributed by atoms with Crippen molar-refractivity contribution in [1.82, 2.24) is 4.90 Å². The summed E-state index contributed by atoms with van der Waals surface area (Å²) in [6.07, 6.45) is 1.56. The molecule has 1 fully saturated rings. The number of nitrogens with one attached hydrogen (secondary N) is 1. The molecule has 0 saturated carbocycles. The molecule has 1 heterocycles. The lowest BCUT2D eigenvalue weighted by molar-refractivity contribution is -0.384. The van der Waals surface area contributed by atoms with Crippen LogP contribution in [0, 0.1) is 30.9 Å². The molecule has 194 valence electrons. The predicted molar refractivity (Wildman–Crippen MR) is 146 cm³/mol.